The number of aliphatic imine (C=N–C) groups is 1. The second kappa shape index (κ2) is 9.49. The summed E-state index contributed by atoms with van der Waals surface area (Å²) in [5, 5.41) is 14.6. The molecule has 0 bridgehead atoms. The molecular formula is C21H29F3N6. The Morgan fingerprint density at radius 3 is 2.67 bits per heavy atom. The summed E-state index contributed by atoms with van der Waals surface area (Å²) >= 11 is 0. The summed E-state index contributed by atoms with van der Waals surface area (Å²) in [7, 11) is 1.69. The molecule has 0 unspecified atom stereocenters. The van der Waals surface area contributed by atoms with Crippen LogP contribution in [0, 0.1) is 0 Å². The first-order valence-corrected chi connectivity index (χ1v) is 10.4. The summed E-state index contributed by atoms with van der Waals surface area (Å²) in [6.07, 6.45) is 1.93. The Bertz CT molecular complexity index is 852. The zero-order valence-electron chi connectivity index (χ0n) is 17.5. The molecule has 3 rings (SSSR count). The molecule has 0 aliphatic heterocycles. The van der Waals surface area contributed by atoms with E-state index < -0.39 is 11.7 Å². The van der Waals surface area contributed by atoms with E-state index in [1.165, 1.54) is 12.1 Å². The molecule has 30 heavy (non-hydrogen) atoms. The highest BCUT2D eigenvalue weighted by molar-refractivity contribution is 5.79. The third kappa shape index (κ3) is 5.12. The predicted octanol–water partition coefficient (Wildman–Crippen LogP) is 3.54. The van der Waals surface area contributed by atoms with Gasteiger partial charge in [-0.1, -0.05) is 38.0 Å². The van der Waals surface area contributed by atoms with Crippen LogP contribution in [0.1, 0.15) is 49.6 Å². The molecule has 1 saturated carbocycles. The van der Waals surface area contributed by atoms with E-state index in [1.807, 2.05) is 17.6 Å². The van der Waals surface area contributed by atoms with Crippen LogP contribution in [0.5, 0.6) is 0 Å². The Morgan fingerprint density at radius 1 is 1.23 bits per heavy atom. The van der Waals surface area contributed by atoms with Crippen molar-refractivity contribution in [1.29, 1.82) is 0 Å². The van der Waals surface area contributed by atoms with Crippen LogP contribution in [0.2, 0.25) is 0 Å². The first kappa shape index (κ1) is 22.1. The zero-order valence-corrected chi connectivity index (χ0v) is 17.5. The van der Waals surface area contributed by atoms with Gasteiger partial charge in [0.1, 0.15) is 12.2 Å². The fourth-order valence-corrected chi connectivity index (χ4v) is 4.15. The Balaban J connectivity index is 1.63. The van der Waals surface area contributed by atoms with Gasteiger partial charge in [-0.3, -0.25) is 4.99 Å². The van der Waals surface area contributed by atoms with Gasteiger partial charge in [0.25, 0.3) is 0 Å². The topological polar surface area (TPSA) is 67.1 Å². The Kier molecular flexibility index (Phi) is 6.99. The first-order valence-electron chi connectivity index (χ1n) is 10.4. The van der Waals surface area contributed by atoms with E-state index in [4.69, 9.17) is 0 Å². The van der Waals surface area contributed by atoms with Gasteiger partial charge in [-0.2, -0.15) is 13.2 Å². The summed E-state index contributed by atoms with van der Waals surface area (Å²) in [6, 6.07) is 5.77. The maximum atomic E-state index is 13.2. The van der Waals surface area contributed by atoms with E-state index in [-0.39, 0.29) is 5.41 Å². The summed E-state index contributed by atoms with van der Waals surface area (Å²) in [5.41, 5.74) is -0.160. The van der Waals surface area contributed by atoms with Crippen molar-refractivity contribution in [2.75, 3.05) is 20.1 Å². The Labute approximate surface area is 175 Å². The van der Waals surface area contributed by atoms with Crippen molar-refractivity contribution in [2.24, 2.45) is 4.99 Å². The molecule has 1 aliphatic rings. The molecule has 1 aromatic heterocycles. The van der Waals surface area contributed by atoms with E-state index in [2.05, 4.69) is 25.8 Å². The van der Waals surface area contributed by atoms with Gasteiger partial charge < -0.3 is 15.2 Å². The smallest absolute Gasteiger partial charge is 0.356 e. The Hall–Kier alpha value is -2.58. The number of aromatic nitrogens is 3. The molecule has 0 amide bonds. The van der Waals surface area contributed by atoms with Crippen LogP contribution >= 0.6 is 0 Å². The standard InChI is InChI=1S/C21H29F3N6/c1-3-18-29-28-15-30(18)12-11-26-19(25-2)27-14-20(9-4-5-10-20)16-7-6-8-17(13-16)21(22,23)24/h6-8,13,15H,3-5,9-12,14H2,1-2H3,(H2,25,26,27). The minimum atomic E-state index is -4.33. The number of hydrogen-bond acceptors (Lipinski definition) is 3. The number of aryl methyl sites for hydroxylation is 1. The lowest BCUT2D eigenvalue weighted by molar-refractivity contribution is -0.137. The molecule has 0 radical (unpaired) electrons. The number of nitrogens with zero attached hydrogens (tertiary/aromatic N) is 4. The van der Waals surface area contributed by atoms with Crippen molar-refractivity contribution in [3.63, 3.8) is 0 Å². The number of nitrogens with one attached hydrogen (secondary N) is 2. The van der Waals surface area contributed by atoms with Gasteiger partial charge in [-0.15, -0.1) is 10.2 Å². The second-order valence-electron chi connectivity index (χ2n) is 7.71. The lowest BCUT2D eigenvalue weighted by Crippen LogP contribution is -2.45. The highest BCUT2D eigenvalue weighted by Gasteiger charge is 2.38. The molecular weight excluding hydrogens is 393 g/mol. The van der Waals surface area contributed by atoms with Crippen LogP contribution in [-0.2, 0) is 24.6 Å². The number of rotatable bonds is 7. The summed E-state index contributed by atoms with van der Waals surface area (Å²) in [5.74, 6) is 1.56. The number of halogens is 3. The highest BCUT2D eigenvalue weighted by Crippen LogP contribution is 2.42. The molecule has 9 heteroatoms. The summed E-state index contributed by atoms with van der Waals surface area (Å²) in [4.78, 5) is 4.27. The minimum absolute atomic E-state index is 0.317. The monoisotopic (exact) mass is 422 g/mol. The van der Waals surface area contributed by atoms with Gasteiger partial charge in [0.05, 0.1) is 5.56 Å². The average Bonchev–Trinajstić information content (AvgIpc) is 3.40. The molecule has 0 atom stereocenters. The molecule has 1 fully saturated rings. The molecule has 0 spiro atoms. The van der Waals surface area contributed by atoms with Crippen molar-refractivity contribution >= 4 is 5.96 Å². The van der Waals surface area contributed by atoms with Gasteiger partial charge in [-0.05, 0) is 24.5 Å². The van der Waals surface area contributed by atoms with Crippen molar-refractivity contribution in [3.8, 4) is 0 Å². The normalized spacial score (nSPS) is 16.6. The van der Waals surface area contributed by atoms with E-state index >= 15 is 0 Å². The highest BCUT2D eigenvalue weighted by atomic mass is 19.4. The van der Waals surface area contributed by atoms with E-state index in [0.29, 0.717) is 25.6 Å². The SMILES string of the molecule is CCc1nncn1CCNC(=NC)NCC1(c2cccc(C(F)(F)F)c2)CCCC1. The van der Waals surface area contributed by atoms with E-state index in [9.17, 15) is 13.2 Å². The van der Waals surface area contributed by atoms with E-state index in [0.717, 1.165) is 49.6 Å². The van der Waals surface area contributed by atoms with Crippen LogP contribution in [0.15, 0.2) is 35.6 Å². The fraction of sp³-hybridized carbons (Fsp3) is 0.571. The van der Waals surface area contributed by atoms with Crippen LogP contribution in [0.3, 0.4) is 0 Å². The van der Waals surface area contributed by atoms with Gasteiger partial charge in [-0.25, -0.2) is 0 Å². The zero-order chi connectivity index (χ0) is 21.6. The molecule has 6 nitrogen and oxygen atoms in total. The van der Waals surface area contributed by atoms with Crippen LogP contribution in [0.4, 0.5) is 13.2 Å². The first-order chi connectivity index (χ1) is 14.4. The quantitative estimate of drug-likeness (QED) is 0.529. The van der Waals surface area contributed by atoms with Crippen LogP contribution in [-0.4, -0.2) is 40.9 Å². The number of alkyl halides is 3. The van der Waals surface area contributed by atoms with Gasteiger partial charge in [0.2, 0.25) is 0 Å². The van der Waals surface area contributed by atoms with Crippen LogP contribution in [0.25, 0.3) is 0 Å². The molecule has 1 heterocycles. The molecule has 2 aromatic rings. The summed E-state index contributed by atoms with van der Waals surface area (Å²) in [6.45, 7) is 3.92. The van der Waals surface area contributed by atoms with Crippen molar-refractivity contribution in [1.82, 2.24) is 25.4 Å². The largest absolute Gasteiger partial charge is 0.416 e. The lowest BCUT2D eigenvalue weighted by atomic mass is 9.78. The average molecular weight is 422 g/mol. The minimum Gasteiger partial charge on any atom is -0.356 e. The van der Waals surface area contributed by atoms with Crippen LogP contribution < -0.4 is 10.6 Å². The van der Waals surface area contributed by atoms with Gasteiger partial charge >= 0.3 is 6.18 Å². The van der Waals surface area contributed by atoms with Crippen molar-refractivity contribution < 1.29 is 13.2 Å². The number of hydrogen-bond donors (Lipinski definition) is 2. The third-order valence-electron chi connectivity index (χ3n) is 5.84. The predicted molar refractivity (Wildman–Crippen MR) is 110 cm³/mol. The van der Waals surface area contributed by atoms with Gasteiger partial charge in [0.15, 0.2) is 5.96 Å². The molecule has 164 valence electrons. The number of benzene rings is 1. The number of guanidine groups is 1. The molecule has 2 N–H and O–H groups in total. The van der Waals surface area contributed by atoms with Crippen molar-refractivity contribution in [2.45, 2.75) is 57.2 Å². The van der Waals surface area contributed by atoms with Gasteiger partial charge in [0, 0.05) is 38.5 Å². The molecule has 1 aliphatic carbocycles. The summed E-state index contributed by atoms with van der Waals surface area (Å²) < 4.78 is 41.6. The Morgan fingerprint density at radius 2 is 2.00 bits per heavy atom. The third-order valence-corrected chi connectivity index (χ3v) is 5.84. The molecule has 0 saturated heterocycles. The lowest BCUT2D eigenvalue weighted by Gasteiger charge is -2.31. The second-order valence-corrected chi connectivity index (χ2v) is 7.71. The molecule has 1 aromatic carbocycles. The maximum Gasteiger partial charge on any atom is 0.416 e. The fourth-order valence-electron chi connectivity index (χ4n) is 4.15. The maximum absolute atomic E-state index is 13.2. The van der Waals surface area contributed by atoms with E-state index in [1.54, 1.807) is 13.4 Å². The van der Waals surface area contributed by atoms with Crippen molar-refractivity contribution in [3.05, 3.63) is 47.5 Å².